The SMILES string of the molecule is COC(=O)C1CCCc2c1[nH]c1ccc(Cl)cc21. The van der Waals surface area contributed by atoms with E-state index in [4.69, 9.17) is 16.3 Å². The number of aromatic amines is 1. The molecule has 2 aromatic rings. The summed E-state index contributed by atoms with van der Waals surface area (Å²) in [6.45, 7) is 0. The van der Waals surface area contributed by atoms with Crippen molar-refractivity contribution < 1.29 is 9.53 Å². The molecule has 0 radical (unpaired) electrons. The number of carbonyl (C=O) groups is 1. The number of benzene rings is 1. The van der Waals surface area contributed by atoms with Crippen molar-refractivity contribution in [3.63, 3.8) is 0 Å². The maximum atomic E-state index is 11.8. The Labute approximate surface area is 110 Å². The van der Waals surface area contributed by atoms with Gasteiger partial charge in [-0.1, -0.05) is 11.6 Å². The van der Waals surface area contributed by atoms with Crippen molar-refractivity contribution in [3.05, 3.63) is 34.5 Å². The molecule has 1 aliphatic rings. The number of aryl methyl sites for hydroxylation is 1. The van der Waals surface area contributed by atoms with Crippen LogP contribution in [0.4, 0.5) is 0 Å². The maximum absolute atomic E-state index is 11.8. The summed E-state index contributed by atoms with van der Waals surface area (Å²) >= 11 is 6.04. The van der Waals surface area contributed by atoms with Crippen molar-refractivity contribution in [1.82, 2.24) is 4.98 Å². The first kappa shape index (κ1) is 11.6. The highest BCUT2D eigenvalue weighted by molar-refractivity contribution is 6.31. The zero-order valence-corrected chi connectivity index (χ0v) is 10.9. The Hall–Kier alpha value is -1.48. The van der Waals surface area contributed by atoms with Crippen LogP contribution in [-0.2, 0) is 16.0 Å². The number of hydrogen-bond acceptors (Lipinski definition) is 2. The van der Waals surface area contributed by atoms with Gasteiger partial charge in [0.2, 0.25) is 0 Å². The molecule has 1 aromatic carbocycles. The topological polar surface area (TPSA) is 42.1 Å². The van der Waals surface area contributed by atoms with Crippen LogP contribution in [0.1, 0.15) is 30.0 Å². The van der Waals surface area contributed by atoms with E-state index in [1.54, 1.807) is 0 Å². The maximum Gasteiger partial charge on any atom is 0.314 e. The lowest BCUT2D eigenvalue weighted by atomic mass is 9.87. The number of hydrogen-bond donors (Lipinski definition) is 1. The molecule has 18 heavy (non-hydrogen) atoms. The van der Waals surface area contributed by atoms with E-state index in [9.17, 15) is 4.79 Å². The number of aromatic nitrogens is 1. The van der Waals surface area contributed by atoms with Crippen LogP contribution >= 0.6 is 11.6 Å². The average molecular weight is 264 g/mol. The van der Waals surface area contributed by atoms with Crippen LogP contribution in [0.2, 0.25) is 5.02 Å². The minimum Gasteiger partial charge on any atom is -0.469 e. The molecule has 1 atom stereocenters. The van der Waals surface area contributed by atoms with Crippen molar-refractivity contribution in [2.45, 2.75) is 25.2 Å². The number of ether oxygens (including phenoxy) is 1. The molecule has 0 saturated carbocycles. The fraction of sp³-hybridized carbons (Fsp3) is 0.357. The van der Waals surface area contributed by atoms with Crippen LogP contribution in [-0.4, -0.2) is 18.1 Å². The van der Waals surface area contributed by atoms with Gasteiger partial charge in [0.15, 0.2) is 0 Å². The van der Waals surface area contributed by atoms with Gasteiger partial charge in [-0.2, -0.15) is 0 Å². The second kappa shape index (κ2) is 4.32. The van der Waals surface area contributed by atoms with E-state index in [0.717, 1.165) is 40.9 Å². The summed E-state index contributed by atoms with van der Waals surface area (Å²) in [5.41, 5.74) is 3.26. The van der Waals surface area contributed by atoms with E-state index in [0.29, 0.717) is 0 Å². The second-order valence-corrected chi connectivity index (χ2v) is 5.11. The summed E-state index contributed by atoms with van der Waals surface area (Å²) in [6.07, 6.45) is 2.84. The zero-order chi connectivity index (χ0) is 12.7. The summed E-state index contributed by atoms with van der Waals surface area (Å²) in [5, 5.41) is 1.86. The van der Waals surface area contributed by atoms with Crippen molar-refractivity contribution >= 4 is 28.5 Å². The normalized spacial score (nSPS) is 18.7. The lowest BCUT2D eigenvalue weighted by Gasteiger charge is -2.20. The summed E-state index contributed by atoms with van der Waals surface area (Å²) in [6, 6.07) is 5.79. The fourth-order valence-electron chi connectivity index (χ4n) is 2.81. The van der Waals surface area contributed by atoms with Crippen LogP contribution < -0.4 is 0 Å². The van der Waals surface area contributed by atoms with Gasteiger partial charge < -0.3 is 9.72 Å². The number of halogens is 1. The third kappa shape index (κ3) is 1.70. The van der Waals surface area contributed by atoms with Crippen LogP contribution in [0.5, 0.6) is 0 Å². The zero-order valence-electron chi connectivity index (χ0n) is 10.1. The summed E-state index contributed by atoms with van der Waals surface area (Å²) in [7, 11) is 1.44. The van der Waals surface area contributed by atoms with Crippen molar-refractivity contribution in [1.29, 1.82) is 0 Å². The molecule has 1 unspecified atom stereocenters. The van der Waals surface area contributed by atoms with Gasteiger partial charge in [0.05, 0.1) is 13.0 Å². The van der Waals surface area contributed by atoms with E-state index in [2.05, 4.69) is 4.98 Å². The third-order valence-corrected chi connectivity index (χ3v) is 3.89. The highest BCUT2D eigenvalue weighted by atomic mass is 35.5. The monoisotopic (exact) mass is 263 g/mol. The molecule has 0 spiro atoms. The molecule has 1 aliphatic carbocycles. The molecule has 0 bridgehead atoms. The molecule has 94 valence electrons. The van der Waals surface area contributed by atoms with Crippen LogP contribution in [0.25, 0.3) is 10.9 Å². The van der Waals surface area contributed by atoms with Crippen molar-refractivity contribution in [2.24, 2.45) is 0 Å². The molecule has 1 N–H and O–H groups in total. The summed E-state index contributed by atoms with van der Waals surface area (Å²) < 4.78 is 4.88. The minimum atomic E-state index is -0.162. The van der Waals surface area contributed by atoms with Gasteiger partial charge in [-0.3, -0.25) is 4.79 Å². The molecular weight excluding hydrogens is 250 g/mol. The molecule has 1 heterocycles. The molecule has 0 fully saturated rings. The van der Waals surface area contributed by atoms with Crippen LogP contribution in [0, 0.1) is 0 Å². The van der Waals surface area contributed by atoms with Gasteiger partial charge in [-0.15, -0.1) is 0 Å². The molecule has 0 saturated heterocycles. The Morgan fingerprint density at radius 3 is 3.11 bits per heavy atom. The highest BCUT2D eigenvalue weighted by Gasteiger charge is 2.30. The van der Waals surface area contributed by atoms with Crippen molar-refractivity contribution in [2.75, 3.05) is 7.11 Å². The largest absolute Gasteiger partial charge is 0.469 e. The fourth-order valence-corrected chi connectivity index (χ4v) is 2.98. The number of rotatable bonds is 1. The van der Waals surface area contributed by atoms with E-state index in [1.165, 1.54) is 12.7 Å². The van der Waals surface area contributed by atoms with Gasteiger partial charge in [0.25, 0.3) is 0 Å². The Morgan fingerprint density at radius 2 is 2.33 bits per heavy atom. The van der Waals surface area contributed by atoms with E-state index in [-0.39, 0.29) is 11.9 Å². The lowest BCUT2D eigenvalue weighted by Crippen LogP contribution is -2.19. The molecule has 4 heteroatoms. The van der Waals surface area contributed by atoms with Gasteiger partial charge in [0, 0.05) is 21.6 Å². The van der Waals surface area contributed by atoms with E-state index in [1.807, 2.05) is 18.2 Å². The van der Waals surface area contributed by atoms with Gasteiger partial charge in [-0.05, 0) is 43.0 Å². The predicted octanol–water partition coefficient (Wildman–Crippen LogP) is 3.41. The van der Waals surface area contributed by atoms with Gasteiger partial charge in [0.1, 0.15) is 0 Å². The number of esters is 1. The molecular formula is C14H14ClNO2. The second-order valence-electron chi connectivity index (χ2n) is 4.68. The quantitative estimate of drug-likeness (QED) is 0.801. The number of H-pyrrole nitrogens is 1. The molecule has 1 aromatic heterocycles. The Morgan fingerprint density at radius 1 is 1.50 bits per heavy atom. The first-order chi connectivity index (χ1) is 8.70. The van der Waals surface area contributed by atoms with Crippen LogP contribution in [0.3, 0.4) is 0 Å². The van der Waals surface area contributed by atoms with E-state index >= 15 is 0 Å². The first-order valence-electron chi connectivity index (χ1n) is 6.08. The minimum absolute atomic E-state index is 0.159. The van der Waals surface area contributed by atoms with Gasteiger partial charge >= 0.3 is 5.97 Å². The average Bonchev–Trinajstić information content (AvgIpc) is 2.75. The Bertz CT molecular complexity index is 618. The molecule has 0 aliphatic heterocycles. The van der Waals surface area contributed by atoms with E-state index < -0.39 is 0 Å². The Balaban J connectivity index is 2.18. The number of nitrogens with one attached hydrogen (secondary N) is 1. The molecule has 3 nitrogen and oxygen atoms in total. The third-order valence-electron chi connectivity index (χ3n) is 3.65. The number of methoxy groups -OCH3 is 1. The standard InChI is InChI=1S/C14H14ClNO2/c1-18-14(17)10-4-2-3-9-11-7-8(15)5-6-12(11)16-13(9)10/h5-7,10,16H,2-4H2,1H3. The Kier molecular flexibility index (Phi) is 2.78. The summed E-state index contributed by atoms with van der Waals surface area (Å²) in [4.78, 5) is 15.2. The highest BCUT2D eigenvalue weighted by Crippen LogP contribution is 2.37. The molecule has 3 rings (SSSR count). The van der Waals surface area contributed by atoms with Gasteiger partial charge in [-0.25, -0.2) is 0 Å². The molecule has 0 amide bonds. The lowest BCUT2D eigenvalue weighted by molar-refractivity contribution is -0.142. The number of carbonyl (C=O) groups excluding carboxylic acids is 1. The summed E-state index contributed by atoms with van der Waals surface area (Å²) in [5.74, 6) is -0.321. The first-order valence-corrected chi connectivity index (χ1v) is 6.46. The van der Waals surface area contributed by atoms with Crippen molar-refractivity contribution in [3.8, 4) is 0 Å². The van der Waals surface area contributed by atoms with Crippen LogP contribution in [0.15, 0.2) is 18.2 Å². The smallest absolute Gasteiger partial charge is 0.314 e. The predicted molar refractivity (Wildman–Crippen MR) is 71.0 cm³/mol. The number of fused-ring (bicyclic) bond motifs is 3.